The number of benzene rings is 8. The lowest BCUT2D eigenvalue weighted by Gasteiger charge is -2.27. The summed E-state index contributed by atoms with van der Waals surface area (Å²) in [5.41, 5.74) is 10.7. The zero-order chi connectivity index (χ0) is 30.0. The molecule has 0 aliphatic heterocycles. The maximum Gasteiger partial charge on any atom is 0.0540 e. The van der Waals surface area contributed by atoms with Crippen LogP contribution in [0.15, 0.2) is 188 Å². The van der Waals surface area contributed by atoms with Gasteiger partial charge in [0.25, 0.3) is 0 Å². The lowest BCUT2D eigenvalue weighted by Crippen LogP contribution is -2.10. The molecule has 0 atom stereocenters. The highest BCUT2D eigenvalue weighted by atomic mass is 15.1. The Morgan fingerprint density at radius 3 is 1.60 bits per heavy atom. The van der Waals surface area contributed by atoms with E-state index < -0.39 is 0 Å². The molecule has 8 aromatic carbocycles. The molecular weight excluding hydrogens is 542 g/mol. The summed E-state index contributed by atoms with van der Waals surface area (Å²) < 4.78 is 0. The SMILES string of the molecule is c1ccc(-c2cccc(-c3ccc(N(c4cccc(-c5cccc6ccccc56)c4)c4cccc5ccccc45)cc3)c2)cc1. The van der Waals surface area contributed by atoms with Crippen LogP contribution in [0.2, 0.25) is 0 Å². The first-order valence-corrected chi connectivity index (χ1v) is 15.4. The molecule has 0 aromatic heterocycles. The largest absolute Gasteiger partial charge is 0.310 e. The Morgan fingerprint density at radius 1 is 0.289 bits per heavy atom. The lowest BCUT2D eigenvalue weighted by atomic mass is 9.97. The van der Waals surface area contributed by atoms with Crippen LogP contribution in [0.25, 0.3) is 54.9 Å². The van der Waals surface area contributed by atoms with Crippen LogP contribution in [0.1, 0.15) is 0 Å². The monoisotopic (exact) mass is 573 g/mol. The summed E-state index contributed by atoms with van der Waals surface area (Å²) in [6, 6.07) is 67.7. The second kappa shape index (κ2) is 11.6. The van der Waals surface area contributed by atoms with Crippen molar-refractivity contribution >= 4 is 38.6 Å². The molecule has 1 nitrogen and oxygen atoms in total. The molecule has 212 valence electrons. The van der Waals surface area contributed by atoms with Crippen LogP contribution < -0.4 is 4.90 Å². The van der Waals surface area contributed by atoms with E-state index in [0.29, 0.717) is 0 Å². The van der Waals surface area contributed by atoms with Crippen molar-refractivity contribution in [3.63, 3.8) is 0 Å². The topological polar surface area (TPSA) is 3.24 Å². The summed E-state index contributed by atoms with van der Waals surface area (Å²) in [7, 11) is 0. The van der Waals surface area contributed by atoms with E-state index in [9.17, 15) is 0 Å². The molecular formula is C44H31N. The van der Waals surface area contributed by atoms with Gasteiger partial charge >= 0.3 is 0 Å². The van der Waals surface area contributed by atoms with E-state index in [1.54, 1.807) is 0 Å². The van der Waals surface area contributed by atoms with Crippen molar-refractivity contribution < 1.29 is 0 Å². The van der Waals surface area contributed by atoms with Crippen molar-refractivity contribution in [2.24, 2.45) is 0 Å². The van der Waals surface area contributed by atoms with Crippen molar-refractivity contribution in [3.8, 4) is 33.4 Å². The molecule has 0 aliphatic rings. The van der Waals surface area contributed by atoms with Crippen LogP contribution in [-0.2, 0) is 0 Å². The maximum atomic E-state index is 2.39. The van der Waals surface area contributed by atoms with E-state index in [1.807, 2.05) is 0 Å². The van der Waals surface area contributed by atoms with Crippen molar-refractivity contribution in [1.82, 2.24) is 0 Å². The van der Waals surface area contributed by atoms with Gasteiger partial charge in [0.15, 0.2) is 0 Å². The molecule has 0 bridgehead atoms. The van der Waals surface area contributed by atoms with Crippen molar-refractivity contribution in [3.05, 3.63) is 188 Å². The van der Waals surface area contributed by atoms with Crippen LogP contribution in [0.3, 0.4) is 0 Å². The van der Waals surface area contributed by atoms with Gasteiger partial charge in [-0.2, -0.15) is 0 Å². The zero-order valence-corrected chi connectivity index (χ0v) is 24.8. The predicted octanol–water partition coefficient (Wildman–Crippen LogP) is 12.5. The van der Waals surface area contributed by atoms with Gasteiger partial charge in [0.1, 0.15) is 0 Å². The minimum atomic E-state index is 1.12. The van der Waals surface area contributed by atoms with Crippen LogP contribution in [0, 0.1) is 0 Å². The highest BCUT2D eigenvalue weighted by molar-refractivity contribution is 6.01. The molecule has 0 amide bonds. The fourth-order valence-electron chi connectivity index (χ4n) is 6.43. The second-order valence-corrected chi connectivity index (χ2v) is 11.4. The number of nitrogens with zero attached hydrogens (tertiary/aromatic N) is 1. The molecule has 0 aliphatic carbocycles. The third-order valence-corrected chi connectivity index (χ3v) is 8.64. The Labute approximate surface area is 264 Å². The molecule has 0 N–H and O–H groups in total. The van der Waals surface area contributed by atoms with E-state index in [0.717, 1.165) is 17.1 Å². The highest BCUT2D eigenvalue weighted by Gasteiger charge is 2.17. The van der Waals surface area contributed by atoms with Crippen LogP contribution in [0.4, 0.5) is 17.1 Å². The Kier molecular flexibility index (Phi) is 6.90. The van der Waals surface area contributed by atoms with Gasteiger partial charge in [-0.05, 0) is 85.9 Å². The molecule has 0 fully saturated rings. The normalized spacial score (nSPS) is 11.1. The zero-order valence-electron chi connectivity index (χ0n) is 24.8. The van der Waals surface area contributed by atoms with Crippen molar-refractivity contribution in [2.75, 3.05) is 4.90 Å². The summed E-state index contributed by atoms with van der Waals surface area (Å²) in [5.74, 6) is 0. The fraction of sp³-hybridized carbons (Fsp3) is 0. The smallest absolute Gasteiger partial charge is 0.0540 e. The summed E-state index contributed by atoms with van der Waals surface area (Å²) in [5, 5.41) is 4.95. The third-order valence-electron chi connectivity index (χ3n) is 8.64. The van der Waals surface area contributed by atoms with E-state index in [1.165, 1.54) is 54.9 Å². The van der Waals surface area contributed by atoms with Crippen molar-refractivity contribution in [1.29, 1.82) is 0 Å². The molecule has 1 heteroatoms. The van der Waals surface area contributed by atoms with Gasteiger partial charge in [0, 0.05) is 16.8 Å². The van der Waals surface area contributed by atoms with Gasteiger partial charge in [0.05, 0.1) is 5.69 Å². The van der Waals surface area contributed by atoms with E-state index in [2.05, 4.69) is 193 Å². The fourth-order valence-corrected chi connectivity index (χ4v) is 6.43. The standard InChI is InChI=1S/C44H31N/c1-2-12-32(13-3-1)36-18-8-19-37(30-36)33-26-28-39(29-27-33)45(44-25-11-17-35-15-5-7-23-43(35)44)40-21-9-20-38(31-40)42-24-10-16-34-14-4-6-22-41(34)42/h1-31H. The minimum absolute atomic E-state index is 1.12. The average Bonchev–Trinajstić information content (AvgIpc) is 3.12. The van der Waals surface area contributed by atoms with Crippen LogP contribution >= 0.6 is 0 Å². The van der Waals surface area contributed by atoms with Crippen LogP contribution in [0.5, 0.6) is 0 Å². The summed E-state index contributed by atoms with van der Waals surface area (Å²) in [6.07, 6.45) is 0. The number of fused-ring (bicyclic) bond motifs is 2. The van der Waals surface area contributed by atoms with Gasteiger partial charge in [0.2, 0.25) is 0 Å². The second-order valence-electron chi connectivity index (χ2n) is 11.4. The number of rotatable bonds is 6. The van der Waals surface area contributed by atoms with E-state index in [-0.39, 0.29) is 0 Å². The van der Waals surface area contributed by atoms with E-state index >= 15 is 0 Å². The summed E-state index contributed by atoms with van der Waals surface area (Å²) in [4.78, 5) is 2.39. The maximum absolute atomic E-state index is 2.39. The van der Waals surface area contributed by atoms with Gasteiger partial charge in [-0.15, -0.1) is 0 Å². The Bertz CT molecular complexity index is 2250. The number of hydrogen-bond acceptors (Lipinski definition) is 1. The van der Waals surface area contributed by atoms with Gasteiger partial charge in [-0.3, -0.25) is 0 Å². The molecule has 8 rings (SSSR count). The minimum Gasteiger partial charge on any atom is -0.310 e. The predicted molar refractivity (Wildman–Crippen MR) is 192 cm³/mol. The van der Waals surface area contributed by atoms with Crippen molar-refractivity contribution in [2.45, 2.75) is 0 Å². The first-order valence-electron chi connectivity index (χ1n) is 15.4. The first-order chi connectivity index (χ1) is 22.3. The molecule has 0 saturated carbocycles. The third kappa shape index (κ3) is 5.15. The molecule has 0 unspecified atom stereocenters. The molecule has 0 radical (unpaired) electrons. The van der Waals surface area contributed by atoms with E-state index in [4.69, 9.17) is 0 Å². The first kappa shape index (κ1) is 26.7. The average molecular weight is 574 g/mol. The number of hydrogen-bond donors (Lipinski definition) is 0. The Morgan fingerprint density at radius 2 is 0.822 bits per heavy atom. The summed E-state index contributed by atoms with van der Waals surface area (Å²) >= 11 is 0. The van der Waals surface area contributed by atoms with Gasteiger partial charge in [-0.1, -0.05) is 152 Å². The van der Waals surface area contributed by atoms with Gasteiger partial charge in [-0.25, -0.2) is 0 Å². The van der Waals surface area contributed by atoms with Gasteiger partial charge < -0.3 is 4.90 Å². The summed E-state index contributed by atoms with van der Waals surface area (Å²) in [6.45, 7) is 0. The Balaban J connectivity index is 1.25. The molecule has 0 spiro atoms. The molecule has 8 aromatic rings. The Hall–Kier alpha value is -5.92. The molecule has 0 saturated heterocycles. The lowest BCUT2D eigenvalue weighted by molar-refractivity contribution is 1.30. The number of anilines is 3. The molecule has 0 heterocycles. The quantitative estimate of drug-likeness (QED) is 0.191. The van der Waals surface area contributed by atoms with Crippen LogP contribution in [-0.4, -0.2) is 0 Å². The highest BCUT2D eigenvalue weighted by Crippen LogP contribution is 2.41. The molecule has 45 heavy (non-hydrogen) atoms.